The predicted molar refractivity (Wildman–Crippen MR) is 80.0 cm³/mol. The van der Waals surface area contributed by atoms with Gasteiger partial charge in [-0.25, -0.2) is 9.97 Å². The van der Waals surface area contributed by atoms with Crippen LogP contribution in [0.15, 0.2) is 24.4 Å². The molecule has 2 aromatic rings. The Bertz CT molecular complexity index is 656. The van der Waals surface area contributed by atoms with Crippen LogP contribution in [0.3, 0.4) is 0 Å². The van der Waals surface area contributed by atoms with Crippen molar-refractivity contribution in [2.24, 2.45) is 0 Å². The second-order valence-corrected chi connectivity index (χ2v) is 5.49. The Morgan fingerprint density at radius 3 is 2.86 bits per heavy atom. The maximum atomic E-state index is 12.8. The van der Waals surface area contributed by atoms with Crippen LogP contribution >= 0.6 is 0 Å². The average molecular weight is 284 g/mol. The minimum atomic E-state index is 0.00269. The standard InChI is InChI=1S/C16H20N4O/c1-4-14-15-6-5-7-19(15)8-9-20(14)16(21)13-10-11(2)17-12(3)18-13/h5-7,10,14H,4,8-9H2,1-3H3/t14-/m0/s1. The first-order valence-electron chi connectivity index (χ1n) is 7.38. The Morgan fingerprint density at radius 1 is 1.33 bits per heavy atom. The van der Waals surface area contributed by atoms with Gasteiger partial charge in [0.15, 0.2) is 0 Å². The topological polar surface area (TPSA) is 51.0 Å². The number of carbonyl (C=O) groups excluding carboxylic acids is 1. The molecule has 3 heterocycles. The molecule has 0 N–H and O–H groups in total. The van der Waals surface area contributed by atoms with E-state index in [0.29, 0.717) is 11.5 Å². The number of hydrogen-bond donors (Lipinski definition) is 0. The number of carbonyl (C=O) groups is 1. The molecule has 0 bridgehead atoms. The third-order valence-electron chi connectivity index (χ3n) is 4.00. The summed E-state index contributed by atoms with van der Waals surface area (Å²) in [5.74, 6) is 0.648. The quantitative estimate of drug-likeness (QED) is 0.851. The largest absolute Gasteiger partial charge is 0.348 e. The van der Waals surface area contributed by atoms with Gasteiger partial charge in [0.05, 0.1) is 6.04 Å². The Morgan fingerprint density at radius 2 is 2.14 bits per heavy atom. The van der Waals surface area contributed by atoms with Crippen molar-refractivity contribution < 1.29 is 4.79 Å². The third kappa shape index (κ3) is 2.44. The van der Waals surface area contributed by atoms with Gasteiger partial charge in [0.1, 0.15) is 11.5 Å². The van der Waals surface area contributed by atoms with Crippen molar-refractivity contribution >= 4 is 5.91 Å². The van der Waals surface area contributed by atoms with Crippen LogP contribution in [0, 0.1) is 13.8 Å². The van der Waals surface area contributed by atoms with Gasteiger partial charge in [-0.3, -0.25) is 4.79 Å². The summed E-state index contributed by atoms with van der Waals surface area (Å²) >= 11 is 0. The van der Waals surface area contributed by atoms with E-state index < -0.39 is 0 Å². The molecule has 0 saturated heterocycles. The third-order valence-corrected chi connectivity index (χ3v) is 4.00. The van der Waals surface area contributed by atoms with E-state index in [2.05, 4.69) is 33.7 Å². The minimum absolute atomic E-state index is 0.00269. The van der Waals surface area contributed by atoms with Crippen molar-refractivity contribution in [2.75, 3.05) is 6.54 Å². The van der Waals surface area contributed by atoms with Crippen LogP contribution in [-0.2, 0) is 6.54 Å². The van der Waals surface area contributed by atoms with Crippen LogP contribution in [0.25, 0.3) is 0 Å². The lowest BCUT2D eigenvalue weighted by Gasteiger charge is -2.36. The molecule has 0 fully saturated rings. The lowest BCUT2D eigenvalue weighted by molar-refractivity contribution is 0.0611. The van der Waals surface area contributed by atoms with Crippen LogP contribution in [-0.4, -0.2) is 31.9 Å². The molecule has 0 saturated carbocycles. The number of aromatic nitrogens is 3. The molecule has 1 amide bonds. The second-order valence-electron chi connectivity index (χ2n) is 5.49. The Kier molecular flexibility index (Phi) is 3.49. The molecule has 2 aromatic heterocycles. The summed E-state index contributed by atoms with van der Waals surface area (Å²) < 4.78 is 2.23. The van der Waals surface area contributed by atoms with Crippen molar-refractivity contribution in [1.82, 2.24) is 19.4 Å². The molecule has 0 unspecified atom stereocenters. The van der Waals surface area contributed by atoms with Crippen molar-refractivity contribution in [3.05, 3.63) is 47.3 Å². The molecule has 0 aromatic carbocycles. The number of nitrogens with zero attached hydrogens (tertiary/aromatic N) is 4. The fourth-order valence-corrected chi connectivity index (χ4v) is 3.11. The number of amides is 1. The molecule has 1 aliphatic rings. The minimum Gasteiger partial charge on any atom is -0.348 e. The Balaban J connectivity index is 1.94. The summed E-state index contributed by atoms with van der Waals surface area (Å²) in [6.07, 6.45) is 2.98. The fourth-order valence-electron chi connectivity index (χ4n) is 3.11. The molecule has 0 spiro atoms. The van der Waals surface area contributed by atoms with Gasteiger partial charge in [0, 0.05) is 30.7 Å². The molecule has 0 radical (unpaired) electrons. The molecule has 110 valence electrons. The van der Waals surface area contributed by atoms with Gasteiger partial charge in [0.25, 0.3) is 5.91 Å². The van der Waals surface area contributed by atoms with Gasteiger partial charge in [0.2, 0.25) is 0 Å². The normalized spacial score (nSPS) is 17.7. The van der Waals surface area contributed by atoms with E-state index in [9.17, 15) is 4.79 Å². The summed E-state index contributed by atoms with van der Waals surface area (Å²) in [5.41, 5.74) is 2.54. The molecule has 1 aliphatic heterocycles. The van der Waals surface area contributed by atoms with Gasteiger partial charge in [-0.2, -0.15) is 0 Å². The highest BCUT2D eigenvalue weighted by Gasteiger charge is 2.30. The first-order chi connectivity index (χ1) is 10.1. The SMILES string of the molecule is CC[C@H]1c2cccn2CCN1C(=O)c1cc(C)nc(C)n1. The van der Waals surface area contributed by atoms with Gasteiger partial charge < -0.3 is 9.47 Å². The lowest BCUT2D eigenvalue weighted by Crippen LogP contribution is -2.42. The molecule has 3 rings (SSSR count). The molecule has 21 heavy (non-hydrogen) atoms. The van der Waals surface area contributed by atoms with Crippen LogP contribution in [0.4, 0.5) is 0 Å². The Hall–Kier alpha value is -2.17. The molecular weight excluding hydrogens is 264 g/mol. The van der Waals surface area contributed by atoms with Gasteiger partial charge in [-0.05, 0) is 38.5 Å². The highest BCUT2D eigenvalue weighted by molar-refractivity contribution is 5.92. The molecule has 0 aliphatic carbocycles. The van der Waals surface area contributed by atoms with Crippen LogP contribution in [0.2, 0.25) is 0 Å². The number of aryl methyl sites for hydroxylation is 2. The monoisotopic (exact) mass is 284 g/mol. The van der Waals surface area contributed by atoms with E-state index in [1.807, 2.05) is 24.8 Å². The first kappa shape index (κ1) is 13.8. The average Bonchev–Trinajstić information content (AvgIpc) is 2.92. The first-order valence-corrected chi connectivity index (χ1v) is 7.38. The molecular formula is C16H20N4O. The zero-order valence-corrected chi connectivity index (χ0v) is 12.7. The van der Waals surface area contributed by atoms with Gasteiger partial charge in [-0.1, -0.05) is 6.92 Å². The predicted octanol–water partition coefficient (Wildman–Crippen LogP) is 2.50. The van der Waals surface area contributed by atoms with Crippen LogP contribution < -0.4 is 0 Å². The fraction of sp³-hybridized carbons (Fsp3) is 0.438. The zero-order valence-electron chi connectivity index (χ0n) is 12.7. The number of hydrogen-bond acceptors (Lipinski definition) is 3. The summed E-state index contributed by atoms with van der Waals surface area (Å²) in [7, 11) is 0. The van der Waals surface area contributed by atoms with Crippen LogP contribution in [0.5, 0.6) is 0 Å². The van der Waals surface area contributed by atoms with Crippen molar-refractivity contribution in [3.63, 3.8) is 0 Å². The molecule has 1 atom stereocenters. The van der Waals surface area contributed by atoms with Crippen molar-refractivity contribution in [2.45, 2.75) is 39.8 Å². The zero-order chi connectivity index (χ0) is 15.0. The van der Waals surface area contributed by atoms with E-state index in [1.54, 1.807) is 6.07 Å². The van der Waals surface area contributed by atoms with Gasteiger partial charge >= 0.3 is 0 Å². The van der Waals surface area contributed by atoms with Crippen LogP contribution in [0.1, 0.15) is 47.1 Å². The van der Waals surface area contributed by atoms with E-state index in [4.69, 9.17) is 0 Å². The lowest BCUT2D eigenvalue weighted by atomic mass is 10.1. The van der Waals surface area contributed by atoms with E-state index in [-0.39, 0.29) is 11.9 Å². The molecule has 5 nitrogen and oxygen atoms in total. The number of rotatable bonds is 2. The Labute approximate surface area is 124 Å². The molecule has 5 heteroatoms. The smallest absolute Gasteiger partial charge is 0.273 e. The van der Waals surface area contributed by atoms with Crippen molar-refractivity contribution in [1.29, 1.82) is 0 Å². The maximum absolute atomic E-state index is 12.8. The summed E-state index contributed by atoms with van der Waals surface area (Å²) in [6.45, 7) is 7.39. The number of fused-ring (bicyclic) bond motifs is 1. The van der Waals surface area contributed by atoms with E-state index >= 15 is 0 Å². The summed E-state index contributed by atoms with van der Waals surface area (Å²) in [5, 5.41) is 0. The summed E-state index contributed by atoms with van der Waals surface area (Å²) in [4.78, 5) is 23.3. The highest BCUT2D eigenvalue weighted by Crippen LogP contribution is 2.29. The van der Waals surface area contributed by atoms with E-state index in [1.165, 1.54) is 5.69 Å². The van der Waals surface area contributed by atoms with Crippen molar-refractivity contribution in [3.8, 4) is 0 Å². The second kappa shape index (κ2) is 5.31. The van der Waals surface area contributed by atoms with E-state index in [0.717, 1.165) is 25.2 Å². The highest BCUT2D eigenvalue weighted by atomic mass is 16.2. The maximum Gasteiger partial charge on any atom is 0.273 e. The van der Waals surface area contributed by atoms with Gasteiger partial charge in [-0.15, -0.1) is 0 Å². The summed E-state index contributed by atoms with van der Waals surface area (Å²) in [6, 6.07) is 6.04.